The molecule has 2 rings (SSSR count). The van der Waals surface area contributed by atoms with Crippen molar-refractivity contribution in [1.82, 2.24) is 10.2 Å². The molecule has 1 atom stereocenters. The summed E-state index contributed by atoms with van der Waals surface area (Å²) in [4.78, 5) is 28.0. The van der Waals surface area contributed by atoms with Crippen LogP contribution in [0.25, 0.3) is 0 Å². The molecule has 0 aliphatic heterocycles. The molecule has 2 amide bonds. The highest BCUT2D eigenvalue weighted by Gasteiger charge is 2.30. The minimum atomic E-state index is -0.525. The average molecular weight is 457 g/mol. The van der Waals surface area contributed by atoms with Crippen molar-refractivity contribution in [3.63, 3.8) is 0 Å². The summed E-state index contributed by atoms with van der Waals surface area (Å²) in [6, 6.07) is 15.4. The lowest BCUT2D eigenvalue weighted by molar-refractivity contribution is -0.140. The van der Waals surface area contributed by atoms with Crippen molar-refractivity contribution in [1.29, 1.82) is 0 Å². The summed E-state index contributed by atoms with van der Waals surface area (Å²) in [5.74, 6) is 1.69. The van der Waals surface area contributed by atoms with Gasteiger partial charge in [0.2, 0.25) is 11.8 Å². The molecule has 0 spiro atoms. The Balaban J connectivity index is 2.16. The van der Waals surface area contributed by atoms with Gasteiger partial charge >= 0.3 is 0 Å². The first-order valence-corrected chi connectivity index (χ1v) is 12.2. The minimum absolute atomic E-state index is 0.0330. The van der Waals surface area contributed by atoms with E-state index in [4.69, 9.17) is 4.74 Å². The van der Waals surface area contributed by atoms with Crippen molar-refractivity contribution in [2.75, 3.05) is 12.9 Å². The van der Waals surface area contributed by atoms with Gasteiger partial charge in [-0.25, -0.2) is 0 Å². The van der Waals surface area contributed by atoms with Gasteiger partial charge in [0, 0.05) is 17.8 Å². The molecule has 0 aliphatic carbocycles. The SMILES string of the molecule is CC[C@@H](C(=O)NC(C)(C)C)N(Cc1ccc(OC)cc1)C(=O)CSCc1cccc(C)c1. The monoisotopic (exact) mass is 456 g/mol. The van der Waals surface area contributed by atoms with Gasteiger partial charge in [-0.15, -0.1) is 11.8 Å². The first kappa shape index (κ1) is 25.8. The third-order valence-electron chi connectivity index (χ3n) is 4.97. The Hall–Kier alpha value is -2.47. The summed E-state index contributed by atoms with van der Waals surface area (Å²) in [7, 11) is 1.63. The van der Waals surface area contributed by atoms with Crippen LogP contribution in [0.4, 0.5) is 0 Å². The van der Waals surface area contributed by atoms with E-state index in [0.29, 0.717) is 18.7 Å². The zero-order chi connectivity index (χ0) is 23.7. The molecule has 0 saturated carbocycles. The highest BCUT2D eigenvalue weighted by molar-refractivity contribution is 7.99. The fourth-order valence-corrected chi connectivity index (χ4v) is 4.30. The van der Waals surface area contributed by atoms with Crippen molar-refractivity contribution in [2.45, 2.75) is 64.9 Å². The van der Waals surface area contributed by atoms with Gasteiger partial charge in [0.15, 0.2) is 0 Å². The lowest BCUT2D eigenvalue weighted by Crippen LogP contribution is -2.53. The summed E-state index contributed by atoms with van der Waals surface area (Å²) in [5, 5.41) is 3.04. The van der Waals surface area contributed by atoms with Gasteiger partial charge in [-0.05, 0) is 57.4 Å². The number of carbonyl (C=O) groups is 2. The number of thioether (sulfide) groups is 1. The number of nitrogens with zero attached hydrogens (tertiary/aromatic N) is 1. The fraction of sp³-hybridized carbons (Fsp3) is 0.462. The molecule has 174 valence electrons. The highest BCUT2D eigenvalue weighted by Crippen LogP contribution is 2.20. The molecule has 0 aromatic heterocycles. The number of methoxy groups -OCH3 is 1. The summed E-state index contributed by atoms with van der Waals surface area (Å²) in [5.41, 5.74) is 3.01. The molecular formula is C26H36N2O3S. The summed E-state index contributed by atoms with van der Waals surface area (Å²) in [6.07, 6.45) is 0.548. The molecule has 0 bridgehead atoms. The largest absolute Gasteiger partial charge is 0.497 e. The lowest BCUT2D eigenvalue weighted by Gasteiger charge is -2.33. The van der Waals surface area contributed by atoms with Crippen LogP contribution < -0.4 is 10.1 Å². The third kappa shape index (κ3) is 8.23. The molecule has 0 saturated heterocycles. The summed E-state index contributed by atoms with van der Waals surface area (Å²) < 4.78 is 5.24. The first-order valence-electron chi connectivity index (χ1n) is 11.0. The molecule has 5 nitrogen and oxygen atoms in total. The maximum absolute atomic E-state index is 13.3. The van der Waals surface area contributed by atoms with Crippen LogP contribution in [-0.2, 0) is 21.9 Å². The molecule has 6 heteroatoms. The number of rotatable bonds is 10. The van der Waals surface area contributed by atoms with Crippen LogP contribution in [0.3, 0.4) is 0 Å². The van der Waals surface area contributed by atoms with Gasteiger partial charge < -0.3 is 15.0 Å². The standard InChI is InChI=1S/C26H36N2O3S/c1-7-23(25(30)27-26(3,4)5)28(16-20-11-13-22(31-6)14-12-20)24(29)18-32-17-21-10-8-9-19(2)15-21/h8-15,23H,7,16-18H2,1-6H3,(H,27,30)/t23-/m0/s1. The molecule has 0 aliphatic rings. The van der Waals surface area contributed by atoms with Crippen LogP contribution in [0, 0.1) is 6.92 Å². The Bertz CT molecular complexity index is 891. The molecule has 2 aromatic carbocycles. The normalized spacial score (nSPS) is 12.2. The van der Waals surface area contributed by atoms with Crippen LogP contribution in [0.2, 0.25) is 0 Å². The second-order valence-electron chi connectivity index (χ2n) is 9.01. The number of hydrogen-bond acceptors (Lipinski definition) is 4. The summed E-state index contributed by atoms with van der Waals surface area (Å²) in [6.45, 7) is 10.2. The number of carbonyl (C=O) groups excluding carboxylic acids is 2. The van der Waals surface area contributed by atoms with Crippen LogP contribution in [0.15, 0.2) is 48.5 Å². The molecule has 0 heterocycles. The Morgan fingerprint density at radius 3 is 2.34 bits per heavy atom. The maximum Gasteiger partial charge on any atom is 0.243 e. The Morgan fingerprint density at radius 1 is 1.09 bits per heavy atom. The van der Waals surface area contributed by atoms with Gasteiger partial charge in [-0.3, -0.25) is 9.59 Å². The molecule has 0 fully saturated rings. The first-order chi connectivity index (χ1) is 15.1. The van der Waals surface area contributed by atoms with Gasteiger partial charge in [-0.1, -0.05) is 48.9 Å². The number of ether oxygens (including phenoxy) is 1. The third-order valence-corrected chi connectivity index (χ3v) is 5.96. The van der Waals surface area contributed by atoms with E-state index in [1.165, 1.54) is 11.1 Å². The predicted molar refractivity (Wildman–Crippen MR) is 133 cm³/mol. The topological polar surface area (TPSA) is 58.6 Å². The van der Waals surface area contributed by atoms with E-state index in [1.807, 2.05) is 58.0 Å². The van der Waals surface area contributed by atoms with Crippen molar-refractivity contribution in [2.24, 2.45) is 0 Å². The lowest BCUT2D eigenvalue weighted by atomic mass is 10.1. The number of benzene rings is 2. The van der Waals surface area contributed by atoms with Crippen LogP contribution in [0.5, 0.6) is 5.75 Å². The molecule has 32 heavy (non-hydrogen) atoms. The Labute approximate surface area is 196 Å². The fourth-order valence-electron chi connectivity index (χ4n) is 3.44. The van der Waals surface area contributed by atoms with E-state index in [2.05, 4.69) is 30.4 Å². The van der Waals surface area contributed by atoms with E-state index >= 15 is 0 Å². The minimum Gasteiger partial charge on any atom is -0.497 e. The van der Waals surface area contributed by atoms with Crippen molar-refractivity contribution in [3.05, 3.63) is 65.2 Å². The van der Waals surface area contributed by atoms with Crippen molar-refractivity contribution >= 4 is 23.6 Å². The highest BCUT2D eigenvalue weighted by atomic mass is 32.2. The van der Waals surface area contributed by atoms with Gasteiger partial charge in [0.05, 0.1) is 12.9 Å². The Kier molecular flexibility index (Phi) is 9.63. The number of amides is 2. The molecule has 2 aromatic rings. The van der Waals surface area contributed by atoms with Crippen LogP contribution >= 0.6 is 11.8 Å². The zero-order valence-electron chi connectivity index (χ0n) is 20.1. The molecule has 1 N–H and O–H groups in total. The second-order valence-corrected chi connectivity index (χ2v) is 10.0. The molecule has 0 radical (unpaired) electrons. The van der Waals surface area contributed by atoms with E-state index < -0.39 is 6.04 Å². The smallest absolute Gasteiger partial charge is 0.243 e. The Morgan fingerprint density at radius 2 is 1.78 bits per heavy atom. The van der Waals surface area contributed by atoms with E-state index in [1.54, 1.807) is 23.8 Å². The van der Waals surface area contributed by atoms with Gasteiger partial charge in [0.25, 0.3) is 0 Å². The number of nitrogens with one attached hydrogen (secondary N) is 1. The zero-order valence-corrected chi connectivity index (χ0v) is 20.9. The molecule has 0 unspecified atom stereocenters. The van der Waals surface area contributed by atoms with E-state index in [9.17, 15) is 9.59 Å². The van der Waals surface area contributed by atoms with Crippen LogP contribution in [-0.4, -0.2) is 41.2 Å². The van der Waals surface area contributed by atoms with Crippen molar-refractivity contribution in [3.8, 4) is 5.75 Å². The van der Waals surface area contributed by atoms with E-state index in [0.717, 1.165) is 17.1 Å². The second kappa shape index (κ2) is 12.0. The number of aryl methyl sites for hydroxylation is 1. The van der Waals surface area contributed by atoms with Gasteiger partial charge in [-0.2, -0.15) is 0 Å². The summed E-state index contributed by atoms with van der Waals surface area (Å²) >= 11 is 1.58. The average Bonchev–Trinajstić information content (AvgIpc) is 2.72. The van der Waals surface area contributed by atoms with E-state index in [-0.39, 0.29) is 17.4 Å². The quantitative estimate of drug-likeness (QED) is 0.549. The predicted octanol–water partition coefficient (Wildman–Crippen LogP) is 4.96. The molecular weight excluding hydrogens is 420 g/mol. The van der Waals surface area contributed by atoms with Crippen LogP contribution in [0.1, 0.15) is 50.8 Å². The number of hydrogen-bond donors (Lipinski definition) is 1. The maximum atomic E-state index is 13.3. The van der Waals surface area contributed by atoms with Crippen molar-refractivity contribution < 1.29 is 14.3 Å². The van der Waals surface area contributed by atoms with Gasteiger partial charge in [0.1, 0.15) is 11.8 Å².